The molecule has 154 valence electrons. The molecule has 2 unspecified atom stereocenters. The summed E-state index contributed by atoms with van der Waals surface area (Å²) in [5.74, 6) is 0.668. The SMILES string of the molecule is Cc1ccc(C(F)F)cc1.O=C(O)NCCC1CCNC1.OC1CCNC1. The van der Waals surface area contributed by atoms with Crippen LogP contribution in [-0.4, -0.2) is 55.1 Å². The third-order valence-electron chi connectivity index (χ3n) is 4.35. The van der Waals surface area contributed by atoms with Gasteiger partial charge >= 0.3 is 6.09 Å². The van der Waals surface area contributed by atoms with E-state index in [1.165, 1.54) is 18.6 Å². The van der Waals surface area contributed by atoms with Crippen LogP contribution in [0, 0.1) is 12.8 Å². The predicted molar refractivity (Wildman–Crippen MR) is 101 cm³/mol. The number of hydrogen-bond donors (Lipinski definition) is 5. The number of aliphatic hydroxyl groups is 1. The van der Waals surface area contributed by atoms with Gasteiger partial charge in [-0.3, -0.25) is 0 Å². The van der Waals surface area contributed by atoms with Crippen LogP contribution in [0.15, 0.2) is 24.3 Å². The van der Waals surface area contributed by atoms with Gasteiger partial charge in [0, 0.05) is 18.7 Å². The second kappa shape index (κ2) is 13.4. The van der Waals surface area contributed by atoms with Gasteiger partial charge in [0.15, 0.2) is 0 Å². The fraction of sp³-hybridized carbons (Fsp3) is 0.632. The lowest BCUT2D eigenvalue weighted by atomic mass is 10.1. The molecule has 2 fully saturated rings. The van der Waals surface area contributed by atoms with Crippen molar-refractivity contribution in [1.29, 1.82) is 0 Å². The Labute approximate surface area is 159 Å². The summed E-state index contributed by atoms with van der Waals surface area (Å²) in [4.78, 5) is 10.0. The van der Waals surface area contributed by atoms with E-state index in [1.54, 1.807) is 12.1 Å². The first-order valence-corrected chi connectivity index (χ1v) is 9.29. The Kier molecular flexibility index (Phi) is 11.6. The van der Waals surface area contributed by atoms with Crippen LogP contribution in [0.3, 0.4) is 0 Å². The molecule has 2 aliphatic rings. The number of hydrogen-bond acceptors (Lipinski definition) is 4. The fourth-order valence-corrected chi connectivity index (χ4v) is 2.70. The summed E-state index contributed by atoms with van der Waals surface area (Å²) in [6.45, 7) is 6.36. The first-order chi connectivity index (χ1) is 12.9. The zero-order valence-electron chi connectivity index (χ0n) is 15.8. The predicted octanol–water partition coefficient (Wildman–Crippen LogP) is 2.53. The number of benzene rings is 1. The third kappa shape index (κ3) is 11.5. The van der Waals surface area contributed by atoms with Gasteiger partial charge in [0.1, 0.15) is 0 Å². The highest BCUT2D eigenvalue weighted by molar-refractivity contribution is 5.64. The van der Waals surface area contributed by atoms with Crippen molar-refractivity contribution in [2.45, 2.75) is 38.7 Å². The van der Waals surface area contributed by atoms with E-state index in [9.17, 15) is 13.6 Å². The maximum atomic E-state index is 11.9. The molecule has 0 radical (unpaired) electrons. The van der Waals surface area contributed by atoms with Gasteiger partial charge in [0.25, 0.3) is 6.43 Å². The molecule has 27 heavy (non-hydrogen) atoms. The van der Waals surface area contributed by atoms with E-state index in [2.05, 4.69) is 16.0 Å². The summed E-state index contributed by atoms with van der Waals surface area (Å²) in [7, 11) is 0. The number of carboxylic acid groups (broad SMARTS) is 1. The molecule has 6 nitrogen and oxygen atoms in total. The van der Waals surface area contributed by atoms with Crippen LogP contribution in [0.2, 0.25) is 0 Å². The van der Waals surface area contributed by atoms with Crippen molar-refractivity contribution in [2.24, 2.45) is 5.92 Å². The Balaban J connectivity index is 0.000000211. The van der Waals surface area contributed by atoms with Crippen LogP contribution in [0.5, 0.6) is 0 Å². The monoisotopic (exact) mass is 387 g/mol. The molecule has 3 rings (SSSR count). The number of aliphatic hydroxyl groups excluding tert-OH is 1. The van der Waals surface area contributed by atoms with E-state index >= 15 is 0 Å². The normalized spacial score (nSPS) is 21.1. The van der Waals surface area contributed by atoms with Crippen LogP contribution in [0.1, 0.15) is 36.8 Å². The van der Waals surface area contributed by atoms with Gasteiger partial charge < -0.3 is 26.2 Å². The molecular weight excluding hydrogens is 356 g/mol. The number of nitrogens with one attached hydrogen (secondary N) is 3. The molecule has 2 aliphatic heterocycles. The molecule has 2 saturated heterocycles. The minimum absolute atomic E-state index is 0.0648. The Morgan fingerprint density at radius 3 is 2.22 bits per heavy atom. The summed E-state index contributed by atoms with van der Waals surface area (Å²) in [5, 5.41) is 25.5. The Bertz CT molecular complexity index is 517. The standard InChI is InChI=1S/C8H8F2.C7H14N2O2.C4H9NO/c1-6-2-4-7(5-3-6)8(9)10;10-7(11)9-4-2-6-1-3-8-5-6;6-4-1-2-5-3-4/h2-5,8H,1H3;6,8-9H,1-5H2,(H,10,11);4-6H,1-3H2. The summed E-state index contributed by atoms with van der Waals surface area (Å²) in [6, 6.07) is 6.25. The van der Waals surface area contributed by atoms with Crippen molar-refractivity contribution in [3.05, 3.63) is 35.4 Å². The van der Waals surface area contributed by atoms with Gasteiger partial charge in [-0.25, -0.2) is 13.6 Å². The molecule has 1 aromatic rings. The molecule has 8 heteroatoms. The van der Waals surface area contributed by atoms with E-state index in [-0.39, 0.29) is 11.7 Å². The molecule has 0 aromatic heterocycles. The molecule has 0 spiro atoms. The van der Waals surface area contributed by atoms with E-state index < -0.39 is 12.5 Å². The minimum Gasteiger partial charge on any atom is -0.465 e. The summed E-state index contributed by atoms with van der Waals surface area (Å²) in [5.41, 5.74) is 1.09. The second-order valence-electron chi connectivity index (χ2n) is 6.74. The van der Waals surface area contributed by atoms with Gasteiger partial charge in [0.2, 0.25) is 0 Å². The average Bonchev–Trinajstić information content (AvgIpc) is 3.30. The molecule has 0 bridgehead atoms. The first kappa shape index (κ1) is 23.3. The number of β-amino-alcohol motifs (C(OH)–C–C–N with tert-alkyl or cyclic N) is 1. The zero-order chi connectivity index (χ0) is 20.1. The Morgan fingerprint density at radius 2 is 1.81 bits per heavy atom. The van der Waals surface area contributed by atoms with Crippen molar-refractivity contribution in [1.82, 2.24) is 16.0 Å². The quantitative estimate of drug-likeness (QED) is 0.547. The van der Waals surface area contributed by atoms with Crippen LogP contribution in [0.4, 0.5) is 13.6 Å². The van der Waals surface area contributed by atoms with E-state index in [0.29, 0.717) is 12.5 Å². The lowest BCUT2D eigenvalue weighted by molar-refractivity contribution is 0.151. The van der Waals surface area contributed by atoms with Gasteiger partial charge in [-0.1, -0.05) is 29.8 Å². The smallest absolute Gasteiger partial charge is 0.404 e. The van der Waals surface area contributed by atoms with E-state index in [0.717, 1.165) is 44.6 Å². The van der Waals surface area contributed by atoms with Crippen molar-refractivity contribution < 1.29 is 23.8 Å². The lowest BCUT2D eigenvalue weighted by Gasteiger charge is -2.06. The van der Waals surface area contributed by atoms with Gasteiger partial charge in [0.05, 0.1) is 6.10 Å². The highest BCUT2D eigenvalue weighted by Gasteiger charge is 2.13. The maximum absolute atomic E-state index is 11.9. The number of rotatable bonds is 4. The second-order valence-corrected chi connectivity index (χ2v) is 6.74. The van der Waals surface area contributed by atoms with E-state index in [1.807, 2.05) is 6.92 Å². The molecule has 0 aliphatic carbocycles. The highest BCUT2D eigenvalue weighted by atomic mass is 19.3. The van der Waals surface area contributed by atoms with Crippen molar-refractivity contribution in [3.63, 3.8) is 0 Å². The summed E-state index contributed by atoms with van der Waals surface area (Å²) < 4.78 is 23.8. The molecule has 1 amide bonds. The van der Waals surface area contributed by atoms with Crippen LogP contribution < -0.4 is 16.0 Å². The first-order valence-electron chi connectivity index (χ1n) is 9.29. The van der Waals surface area contributed by atoms with Gasteiger partial charge in [-0.2, -0.15) is 0 Å². The summed E-state index contributed by atoms with van der Waals surface area (Å²) in [6.07, 6.45) is -0.262. The molecule has 2 heterocycles. The minimum atomic E-state index is -2.35. The molecule has 5 N–H and O–H groups in total. The van der Waals surface area contributed by atoms with Crippen molar-refractivity contribution in [3.8, 4) is 0 Å². The summed E-state index contributed by atoms with van der Waals surface area (Å²) >= 11 is 0. The van der Waals surface area contributed by atoms with Crippen LogP contribution in [0.25, 0.3) is 0 Å². The van der Waals surface area contributed by atoms with Crippen LogP contribution >= 0.6 is 0 Å². The zero-order valence-corrected chi connectivity index (χ0v) is 15.8. The van der Waals surface area contributed by atoms with Crippen molar-refractivity contribution >= 4 is 6.09 Å². The largest absolute Gasteiger partial charge is 0.465 e. The van der Waals surface area contributed by atoms with Gasteiger partial charge in [-0.05, 0) is 51.7 Å². The lowest BCUT2D eigenvalue weighted by Crippen LogP contribution is -2.24. The Hall–Kier alpha value is -1.77. The molecule has 2 atom stereocenters. The number of carbonyl (C=O) groups is 1. The number of aryl methyl sites for hydroxylation is 1. The number of amides is 1. The molecule has 0 saturated carbocycles. The van der Waals surface area contributed by atoms with Gasteiger partial charge in [-0.15, -0.1) is 0 Å². The third-order valence-corrected chi connectivity index (χ3v) is 4.35. The molecular formula is C19H31F2N3O3. The number of alkyl halides is 2. The highest BCUT2D eigenvalue weighted by Crippen LogP contribution is 2.18. The van der Waals surface area contributed by atoms with Crippen LogP contribution in [-0.2, 0) is 0 Å². The maximum Gasteiger partial charge on any atom is 0.404 e. The topological polar surface area (TPSA) is 93.6 Å². The van der Waals surface area contributed by atoms with E-state index in [4.69, 9.17) is 10.2 Å². The average molecular weight is 387 g/mol. The van der Waals surface area contributed by atoms with Crippen molar-refractivity contribution in [2.75, 3.05) is 32.7 Å². The Morgan fingerprint density at radius 1 is 1.19 bits per heavy atom. The molecule has 1 aromatic carbocycles. The fourth-order valence-electron chi connectivity index (χ4n) is 2.70. The number of halogens is 2.